The summed E-state index contributed by atoms with van der Waals surface area (Å²) in [4.78, 5) is 7.80. The van der Waals surface area contributed by atoms with Gasteiger partial charge in [0.25, 0.3) is 0 Å². The van der Waals surface area contributed by atoms with Gasteiger partial charge in [-0.3, -0.25) is 0 Å². The van der Waals surface area contributed by atoms with Gasteiger partial charge in [-0.15, -0.1) is 0 Å². The SMILES string of the molecule is N#Cc1cccc2[nH]c(CCc3ccccc3)nc12. The van der Waals surface area contributed by atoms with Crippen molar-refractivity contribution in [3.8, 4) is 6.07 Å². The van der Waals surface area contributed by atoms with E-state index >= 15 is 0 Å². The molecule has 1 N–H and O–H groups in total. The van der Waals surface area contributed by atoms with Crippen LogP contribution in [0.4, 0.5) is 0 Å². The van der Waals surface area contributed by atoms with Crippen LogP contribution in [0.25, 0.3) is 11.0 Å². The Hall–Kier alpha value is -2.60. The predicted octanol–water partition coefficient (Wildman–Crippen LogP) is 3.22. The summed E-state index contributed by atoms with van der Waals surface area (Å²) in [5.74, 6) is 0.932. The maximum absolute atomic E-state index is 9.05. The minimum absolute atomic E-state index is 0.625. The topological polar surface area (TPSA) is 52.5 Å². The number of benzene rings is 2. The van der Waals surface area contributed by atoms with E-state index in [1.165, 1.54) is 5.56 Å². The van der Waals surface area contributed by atoms with Crippen molar-refractivity contribution in [2.45, 2.75) is 12.8 Å². The Morgan fingerprint density at radius 3 is 2.63 bits per heavy atom. The van der Waals surface area contributed by atoms with Crippen LogP contribution in [0.3, 0.4) is 0 Å². The van der Waals surface area contributed by atoms with Crippen LogP contribution in [0.2, 0.25) is 0 Å². The van der Waals surface area contributed by atoms with Crippen molar-refractivity contribution in [2.75, 3.05) is 0 Å². The molecular formula is C16H13N3. The highest BCUT2D eigenvalue weighted by Gasteiger charge is 2.06. The third kappa shape index (κ3) is 2.34. The zero-order chi connectivity index (χ0) is 13.1. The quantitative estimate of drug-likeness (QED) is 0.772. The van der Waals surface area contributed by atoms with Gasteiger partial charge in [0.2, 0.25) is 0 Å². The van der Waals surface area contributed by atoms with Crippen molar-refractivity contribution in [1.29, 1.82) is 5.26 Å². The number of hydrogen-bond acceptors (Lipinski definition) is 2. The van der Waals surface area contributed by atoms with Gasteiger partial charge < -0.3 is 4.98 Å². The van der Waals surface area contributed by atoms with Gasteiger partial charge in [-0.25, -0.2) is 4.98 Å². The molecule has 3 heteroatoms. The van der Waals surface area contributed by atoms with E-state index in [9.17, 15) is 0 Å². The molecule has 0 atom stereocenters. The first kappa shape index (κ1) is 11.5. The fraction of sp³-hybridized carbons (Fsp3) is 0.125. The van der Waals surface area contributed by atoms with Gasteiger partial charge in [0.1, 0.15) is 17.4 Å². The molecule has 0 fully saturated rings. The van der Waals surface area contributed by atoms with Crippen molar-refractivity contribution in [3.63, 3.8) is 0 Å². The van der Waals surface area contributed by atoms with Gasteiger partial charge in [-0.2, -0.15) is 5.26 Å². The number of imidazole rings is 1. The van der Waals surface area contributed by atoms with Crippen molar-refractivity contribution in [2.24, 2.45) is 0 Å². The molecule has 0 saturated carbocycles. The van der Waals surface area contributed by atoms with E-state index < -0.39 is 0 Å². The average Bonchev–Trinajstić information content (AvgIpc) is 2.89. The number of hydrogen-bond donors (Lipinski definition) is 1. The highest BCUT2D eigenvalue weighted by atomic mass is 14.9. The molecule has 0 saturated heterocycles. The van der Waals surface area contributed by atoms with Gasteiger partial charge in [0.05, 0.1) is 11.1 Å². The van der Waals surface area contributed by atoms with Gasteiger partial charge in [-0.1, -0.05) is 36.4 Å². The normalized spacial score (nSPS) is 10.5. The standard InChI is InChI=1S/C16H13N3/c17-11-13-7-4-8-14-16(13)19-15(18-14)10-9-12-5-2-1-3-6-12/h1-8H,9-10H2,(H,18,19). The van der Waals surface area contributed by atoms with Crippen LogP contribution in [-0.4, -0.2) is 9.97 Å². The summed E-state index contributed by atoms with van der Waals surface area (Å²) in [5, 5.41) is 9.05. The summed E-state index contributed by atoms with van der Waals surface area (Å²) in [6, 6.07) is 18.1. The molecule has 1 heterocycles. The zero-order valence-electron chi connectivity index (χ0n) is 10.4. The van der Waals surface area contributed by atoms with Crippen LogP contribution in [0.15, 0.2) is 48.5 Å². The van der Waals surface area contributed by atoms with E-state index in [1.54, 1.807) is 6.07 Å². The molecule has 19 heavy (non-hydrogen) atoms. The van der Waals surface area contributed by atoms with Crippen LogP contribution in [-0.2, 0) is 12.8 Å². The Morgan fingerprint density at radius 2 is 1.84 bits per heavy atom. The fourth-order valence-electron chi connectivity index (χ4n) is 2.20. The second-order valence-corrected chi connectivity index (χ2v) is 4.48. The highest BCUT2D eigenvalue weighted by Crippen LogP contribution is 2.16. The minimum Gasteiger partial charge on any atom is -0.342 e. The third-order valence-electron chi connectivity index (χ3n) is 3.18. The second kappa shape index (κ2) is 4.95. The molecule has 0 aliphatic heterocycles. The van der Waals surface area contributed by atoms with Crippen molar-refractivity contribution in [1.82, 2.24) is 9.97 Å². The van der Waals surface area contributed by atoms with Gasteiger partial charge in [0, 0.05) is 6.42 Å². The van der Waals surface area contributed by atoms with Crippen LogP contribution >= 0.6 is 0 Å². The first-order chi connectivity index (χ1) is 9.36. The van der Waals surface area contributed by atoms with E-state index in [4.69, 9.17) is 5.26 Å². The van der Waals surface area contributed by atoms with Crippen LogP contribution in [0, 0.1) is 11.3 Å². The van der Waals surface area contributed by atoms with E-state index in [0.29, 0.717) is 5.56 Å². The van der Waals surface area contributed by atoms with E-state index in [1.807, 2.05) is 30.3 Å². The molecule has 0 unspecified atom stereocenters. The summed E-state index contributed by atoms with van der Waals surface area (Å²) in [6.45, 7) is 0. The van der Waals surface area contributed by atoms with Crippen LogP contribution < -0.4 is 0 Å². The Kier molecular flexibility index (Phi) is 2.99. The predicted molar refractivity (Wildman–Crippen MR) is 74.7 cm³/mol. The summed E-state index contributed by atoms with van der Waals surface area (Å²) in [7, 11) is 0. The number of nitrogens with zero attached hydrogens (tertiary/aromatic N) is 2. The molecule has 92 valence electrons. The number of para-hydroxylation sites is 1. The van der Waals surface area contributed by atoms with Gasteiger partial charge in [0.15, 0.2) is 0 Å². The molecule has 0 amide bonds. The van der Waals surface area contributed by atoms with E-state index in [0.717, 1.165) is 29.7 Å². The first-order valence-electron chi connectivity index (χ1n) is 6.28. The third-order valence-corrected chi connectivity index (χ3v) is 3.18. The zero-order valence-corrected chi connectivity index (χ0v) is 10.4. The van der Waals surface area contributed by atoms with Crippen molar-refractivity contribution >= 4 is 11.0 Å². The van der Waals surface area contributed by atoms with E-state index in [2.05, 4.69) is 28.2 Å². The Morgan fingerprint density at radius 1 is 1.00 bits per heavy atom. The average molecular weight is 247 g/mol. The Labute approximate surface area is 111 Å². The molecule has 0 aliphatic rings. The lowest BCUT2D eigenvalue weighted by Crippen LogP contribution is -1.92. The van der Waals surface area contributed by atoms with Crippen LogP contribution in [0.1, 0.15) is 17.0 Å². The van der Waals surface area contributed by atoms with Crippen LogP contribution in [0.5, 0.6) is 0 Å². The second-order valence-electron chi connectivity index (χ2n) is 4.48. The number of aromatic nitrogens is 2. The number of aromatic amines is 1. The Balaban J connectivity index is 1.85. The number of H-pyrrole nitrogens is 1. The minimum atomic E-state index is 0.625. The molecule has 3 rings (SSSR count). The number of rotatable bonds is 3. The van der Waals surface area contributed by atoms with Gasteiger partial charge >= 0.3 is 0 Å². The Bertz CT molecular complexity index is 736. The summed E-state index contributed by atoms with van der Waals surface area (Å²) >= 11 is 0. The molecule has 0 radical (unpaired) electrons. The van der Waals surface area contributed by atoms with Crippen molar-refractivity contribution in [3.05, 3.63) is 65.5 Å². The largest absolute Gasteiger partial charge is 0.342 e. The molecule has 1 aromatic heterocycles. The smallest absolute Gasteiger partial charge is 0.107 e. The monoisotopic (exact) mass is 247 g/mol. The first-order valence-corrected chi connectivity index (χ1v) is 6.28. The lowest BCUT2D eigenvalue weighted by molar-refractivity contribution is 0.890. The number of nitriles is 1. The summed E-state index contributed by atoms with van der Waals surface area (Å²) < 4.78 is 0. The fourth-order valence-corrected chi connectivity index (χ4v) is 2.20. The lowest BCUT2D eigenvalue weighted by Gasteiger charge is -1.97. The summed E-state index contributed by atoms with van der Waals surface area (Å²) in [6.07, 6.45) is 1.80. The number of aryl methyl sites for hydroxylation is 2. The highest BCUT2D eigenvalue weighted by molar-refractivity contribution is 5.81. The number of nitrogens with one attached hydrogen (secondary N) is 1. The lowest BCUT2D eigenvalue weighted by atomic mass is 10.1. The molecule has 3 nitrogen and oxygen atoms in total. The van der Waals surface area contributed by atoms with Gasteiger partial charge in [-0.05, 0) is 24.1 Å². The molecule has 3 aromatic rings. The maximum Gasteiger partial charge on any atom is 0.107 e. The molecular weight excluding hydrogens is 234 g/mol. The maximum atomic E-state index is 9.05. The van der Waals surface area contributed by atoms with E-state index in [-0.39, 0.29) is 0 Å². The molecule has 2 aromatic carbocycles. The number of fused-ring (bicyclic) bond motifs is 1. The molecule has 0 aliphatic carbocycles. The summed E-state index contributed by atoms with van der Waals surface area (Å²) in [5.41, 5.74) is 3.62. The molecule has 0 spiro atoms. The molecule has 0 bridgehead atoms. The van der Waals surface area contributed by atoms with Crippen molar-refractivity contribution < 1.29 is 0 Å².